The summed E-state index contributed by atoms with van der Waals surface area (Å²) in [6.07, 6.45) is 1.16. The minimum Gasteiger partial charge on any atom is -0.455 e. The zero-order valence-corrected chi connectivity index (χ0v) is 13.9. The van der Waals surface area contributed by atoms with Crippen molar-refractivity contribution < 1.29 is 4.12 Å². The van der Waals surface area contributed by atoms with E-state index >= 15 is 0 Å². The van der Waals surface area contributed by atoms with E-state index in [0.717, 1.165) is 6.42 Å². The SMILES string of the molecule is CC[Si](C)(C)O[Si](C)(C)CCc1ccccc1. The van der Waals surface area contributed by atoms with Crippen LogP contribution in [-0.4, -0.2) is 16.6 Å². The molecule has 1 aromatic carbocycles. The van der Waals surface area contributed by atoms with E-state index in [1.54, 1.807) is 0 Å². The standard InChI is InChI=1S/C14H26OSi2/c1-6-16(2,3)15-17(4,5)13-12-14-10-8-7-9-11-14/h7-11H,6,12-13H2,1-5H3. The normalized spacial score (nSPS) is 12.8. The van der Waals surface area contributed by atoms with Gasteiger partial charge in [-0.3, -0.25) is 0 Å². The summed E-state index contributed by atoms with van der Waals surface area (Å²) in [4.78, 5) is 0. The molecule has 0 aromatic heterocycles. The van der Waals surface area contributed by atoms with Crippen LogP contribution in [0.25, 0.3) is 0 Å². The number of hydrogen-bond donors (Lipinski definition) is 0. The molecule has 0 N–H and O–H groups in total. The third-order valence-electron chi connectivity index (χ3n) is 3.26. The first-order chi connectivity index (χ1) is 7.85. The predicted molar refractivity (Wildman–Crippen MR) is 81.5 cm³/mol. The first kappa shape index (κ1) is 14.7. The summed E-state index contributed by atoms with van der Waals surface area (Å²) in [6, 6.07) is 13.2. The van der Waals surface area contributed by atoms with Gasteiger partial charge in [-0.05, 0) is 50.3 Å². The minimum absolute atomic E-state index is 1.16. The van der Waals surface area contributed by atoms with Crippen LogP contribution in [0.15, 0.2) is 30.3 Å². The second kappa shape index (κ2) is 5.98. The van der Waals surface area contributed by atoms with Crippen molar-refractivity contribution in [1.29, 1.82) is 0 Å². The van der Waals surface area contributed by atoms with Crippen molar-refractivity contribution in [3.8, 4) is 0 Å². The van der Waals surface area contributed by atoms with E-state index < -0.39 is 16.6 Å². The van der Waals surface area contributed by atoms with E-state index in [1.165, 1.54) is 17.7 Å². The summed E-state index contributed by atoms with van der Waals surface area (Å²) < 4.78 is 6.47. The van der Waals surface area contributed by atoms with Crippen LogP contribution in [0, 0.1) is 0 Å². The second-order valence-corrected chi connectivity index (χ2v) is 15.0. The van der Waals surface area contributed by atoms with E-state index in [0.29, 0.717) is 0 Å². The zero-order valence-electron chi connectivity index (χ0n) is 11.9. The average Bonchev–Trinajstić information content (AvgIpc) is 2.27. The monoisotopic (exact) mass is 266 g/mol. The first-order valence-corrected chi connectivity index (χ1v) is 12.8. The molecule has 0 atom stereocenters. The molecule has 0 saturated heterocycles. The molecule has 0 radical (unpaired) electrons. The van der Waals surface area contributed by atoms with E-state index in [1.807, 2.05) is 0 Å². The summed E-state index contributed by atoms with van der Waals surface area (Å²) in [6.45, 7) is 11.7. The average molecular weight is 267 g/mol. The van der Waals surface area contributed by atoms with Crippen molar-refractivity contribution in [2.75, 3.05) is 0 Å². The van der Waals surface area contributed by atoms with Crippen LogP contribution in [-0.2, 0) is 10.5 Å². The van der Waals surface area contributed by atoms with E-state index in [2.05, 4.69) is 63.4 Å². The Morgan fingerprint density at radius 2 is 1.53 bits per heavy atom. The highest BCUT2D eigenvalue weighted by Crippen LogP contribution is 2.22. The highest BCUT2D eigenvalue weighted by Gasteiger charge is 2.31. The molecule has 0 aliphatic heterocycles. The molecule has 0 bridgehead atoms. The number of aryl methyl sites for hydroxylation is 1. The van der Waals surface area contributed by atoms with Gasteiger partial charge < -0.3 is 4.12 Å². The Hall–Kier alpha value is -0.386. The Balaban J connectivity index is 2.50. The molecule has 1 rings (SSSR count). The quantitative estimate of drug-likeness (QED) is 0.680. The van der Waals surface area contributed by atoms with Crippen molar-refractivity contribution >= 4 is 16.6 Å². The van der Waals surface area contributed by atoms with Gasteiger partial charge in [0.1, 0.15) is 0 Å². The van der Waals surface area contributed by atoms with Crippen molar-refractivity contribution in [1.82, 2.24) is 0 Å². The topological polar surface area (TPSA) is 9.23 Å². The van der Waals surface area contributed by atoms with Crippen LogP contribution in [0.4, 0.5) is 0 Å². The largest absolute Gasteiger partial charge is 0.455 e. The van der Waals surface area contributed by atoms with Gasteiger partial charge in [-0.1, -0.05) is 37.3 Å². The predicted octanol–water partition coefficient (Wildman–Crippen LogP) is 4.68. The van der Waals surface area contributed by atoms with Gasteiger partial charge in [-0.15, -0.1) is 0 Å². The molecule has 17 heavy (non-hydrogen) atoms. The fraction of sp³-hybridized carbons (Fsp3) is 0.571. The van der Waals surface area contributed by atoms with Gasteiger partial charge >= 0.3 is 0 Å². The summed E-state index contributed by atoms with van der Waals surface area (Å²) in [5, 5.41) is 0. The molecular formula is C14H26OSi2. The fourth-order valence-electron chi connectivity index (χ4n) is 1.96. The van der Waals surface area contributed by atoms with Gasteiger partial charge in [0.05, 0.1) is 0 Å². The van der Waals surface area contributed by atoms with Crippen LogP contribution in [0.5, 0.6) is 0 Å². The molecule has 3 heteroatoms. The summed E-state index contributed by atoms with van der Waals surface area (Å²) in [5.74, 6) is 0. The maximum absolute atomic E-state index is 6.47. The summed E-state index contributed by atoms with van der Waals surface area (Å²) >= 11 is 0. The molecule has 0 amide bonds. The lowest BCUT2D eigenvalue weighted by Crippen LogP contribution is -2.44. The van der Waals surface area contributed by atoms with Gasteiger partial charge in [0.25, 0.3) is 0 Å². The van der Waals surface area contributed by atoms with E-state index in [-0.39, 0.29) is 0 Å². The lowest BCUT2D eigenvalue weighted by Gasteiger charge is -2.33. The Morgan fingerprint density at radius 1 is 0.941 bits per heavy atom. The fourth-order valence-corrected chi connectivity index (χ4v) is 9.82. The molecule has 1 nitrogen and oxygen atoms in total. The van der Waals surface area contributed by atoms with Crippen LogP contribution in [0.2, 0.25) is 38.3 Å². The number of benzene rings is 1. The highest BCUT2D eigenvalue weighted by atomic mass is 28.4. The van der Waals surface area contributed by atoms with Crippen molar-refractivity contribution in [3.63, 3.8) is 0 Å². The Morgan fingerprint density at radius 3 is 2.06 bits per heavy atom. The van der Waals surface area contributed by atoms with Gasteiger partial charge in [-0.25, -0.2) is 0 Å². The summed E-state index contributed by atoms with van der Waals surface area (Å²) in [5.41, 5.74) is 1.44. The molecule has 0 aliphatic carbocycles. The van der Waals surface area contributed by atoms with Gasteiger partial charge in [0.2, 0.25) is 0 Å². The van der Waals surface area contributed by atoms with E-state index in [9.17, 15) is 0 Å². The van der Waals surface area contributed by atoms with Gasteiger partial charge in [-0.2, -0.15) is 0 Å². The molecule has 0 saturated carbocycles. The Kier molecular flexibility index (Phi) is 5.16. The Labute approximate surface area is 108 Å². The number of rotatable bonds is 6. The van der Waals surface area contributed by atoms with Gasteiger partial charge in [0.15, 0.2) is 16.6 Å². The molecule has 0 fully saturated rings. The van der Waals surface area contributed by atoms with Gasteiger partial charge in [0, 0.05) is 0 Å². The van der Waals surface area contributed by atoms with Crippen LogP contribution in [0.3, 0.4) is 0 Å². The molecule has 0 unspecified atom stereocenters. The van der Waals surface area contributed by atoms with Crippen LogP contribution in [0.1, 0.15) is 12.5 Å². The summed E-state index contributed by atoms with van der Waals surface area (Å²) in [7, 11) is -2.87. The number of hydrogen-bond acceptors (Lipinski definition) is 1. The molecule has 1 aromatic rings. The van der Waals surface area contributed by atoms with Crippen LogP contribution >= 0.6 is 0 Å². The second-order valence-electron chi connectivity index (χ2n) is 5.96. The first-order valence-electron chi connectivity index (χ1n) is 6.59. The zero-order chi connectivity index (χ0) is 12.9. The molecule has 0 aliphatic rings. The molecule has 0 heterocycles. The molecule has 0 spiro atoms. The maximum atomic E-state index is 6.47. The third kappa shape index (κ3) is 5.66. The van der Waals surface area contributed by atoms with Crippen LogP contribution < -0.4 is 0 Å². The van der Waals surface area contributed by atoms with Crippen molar-refractivity contribution in [2.45, 2.75) is 51.6 Å². The lowest BCUT2D eigenvalue weighted by molar-refractivity contribution is 0.539. The Bertz CT molecular complexity index is 333. The highest BCUT2D eigenvalue weighted by molar-refractivity contribution is 6.84. The van der Waals surface area contributed by atoms with Crippen molar-refractivity contribution in [2.24, 2.45) is 0 Å². The lowest BCUT2D eigenvalue weighted by atomic mass is 10.2. The third-order valence-corrected chi connectivity index (χ3v) is 10.8. The smallest absolute Gasteiger partial charge is 0.173 e. The van der Waals surface area contributed by atoms with Crippen molar-refractivity contribution in [3.05, 3.63) is 35.9 Å². The maximum Gasteiger partial charge on any atom is 0.173 e. The minimum atomic E-state index is -1.48. The molecular weight excluding hydrogens is 240 g/mol. The van der Waals surface area contributed by atoms with E-state index in [4.69, 9.17) is 4.12 Å². The molecule has 96 valence electrons.